The first-order valence-electron chi connectivity index (χ1n) is 13.4. The number of oxazole rings is 1. The Hall–Kier alpha value is -2.44. The fraction of sp³-hybridized carbons (Fsp3) is 0.448. The summed E-state index contributed by atoms with van der Waals surface area (Å²) in [5, 5.41) is 2.31. The number of carbonyl (C=O) groups is 1. The minimum atomic E-state index is -4.37. The van der Waals surface area contributed by atoms with Gasteiger partial charge in [0.25, 0.3) is 0 Å². The molecule has 3 aromatic rings. The molecule has 0 atom stereocenters. The molecule has 0 saturated heterocycles. The van der Waals surface area contributed by atoms with Crippen LogP contribution in [-0.2, 0) is 20.9 Å². The van der Waals surface area contributed by atoms with Crippen molar-refractivity contribution in [3.8, 4) is 11.3 Å². The van der Waals surface area contributed by atoms with Gasteiger partial charge in [-0.1, -0.05) is 69.0 Å². The number of rotatable bonds is 10. The third-order valence-electron chi connectivity index (χ3n) is 7.80. The van der Waals surface area contributed by atoms with Crippen molar-refractivity contribution in [1.29, 1.82) is 0 Å². The van der Waals surface area contributed by atoms with Crippen LogP contribution < -0.4 is 5.32 Å². The van der Waals surface area contributed by atoms with Gasteiger partial charge in [-0.15, -0.1) is 0 Å². The monoisotopic (exact) mass is 558 g/mol. The summed E-state index contributed by atoms with van der Waals surface area (Å²) in [6, 6.07) is 14.2. The average molecular weight is 559 g/mol. The summed E-state index contributed by atoms with van der Waals surface area (Å²) < 4.78 is 18.5. The molecule has 1 aliphatic rings. The fourth-order valence-electron chi connectivity index (χ4n) is 5.45. The zero-order valence-corrected chi connectivity index (χ0v) is 23.6. The van der Waals surface area contributed by atoms with E-state index in [1.807, 2.05) is 24.3 Å². The quantitative estimate of drug-likeness (QED) is 0.219. The van der Waals surface area contributed by atoms with Crippen LogP contribution in [0.15, 0.2) is 52.9 Å². The molecule has 38 heavy (non-hydrogen) atoms. The van der Waals surface area contributed by atoms with Crippen LogP contribution >= 0.6 is 19.2 Å². The van der Waals surface area contributed by atoms with Crippen molar-refractivity contribution >= 4 is 30.8 Å². The molecule has 0 unspecified atom stereocenters. The van der Waals surface area contributed by atoms with E-state index >= 15 is 0 Å². The predicted octanol–water partition coefficient (Wildman–Crippen LogP) is 7.81. The second kappa shape index (κ2) is 12.2. The summed E-state index contributed by atoms with van der Waals surface area (Å²) in [6.07, 6.45) is 6.95. The zero-order chi connectivity index (χ0) is 27.3. The first kappa shape index (κ1) is 28.6. The molecular weight excluding hydrogens is 523 g/mol. The lowest BCUT2D eigenvalue weighted by Gasteiger charge is -2.33. The maximum absolute atomic E-state index is 12.8. The lowest BCUT2D eigenvalue weighted by atomic mass is 9.89. The number of anilines is 1. The Bertz CT molecular complexity index is 1270. The van der Waals surface area contributed by atoms with Crippen LogP contribution in [0.25, 0.3) is 11.3 Å². The molecular formula is C29H36ClN2O5P. The van der Waals surface area contributed by atoms with E-state index in [2.05, 4.69) is 5.32 Å². The van der Waals surface area contributed by atoms with Gasteiger partial charge in [-0.3, -0.25) is 9.36 Å². The van der Waals surface area contributed by atoms with Gasteiger partial charge in [-0.25, -0.2) is 4.98 Å². The molecule has 2 aromatic carbocycles. The molecule has 1 saturated carbocycles. The number of halogens is 1. The average Bonchev–Trinajstić information content (AvgIpc) is 3.34. The smallest absolute Gasteiger partial charge is 0.335 e. The molecule has 0 aliphatic heterocycles. The van der Waals surface area contributed by atoms with Gasteiger partial charge < -0.3 is 19.5 Å². The second-order valence-electron chi connectivity index (χ2n) is 10.1. The van der Waals surface area contributed by atoms with Crippen LogP contribution in [-0.4, -0.2) is 20.7 Å². The SMILES string of the molecule is CCC(CC)(c1ccc(NC(=O)CCc2oc(C3CCCCC3)nc2-c2ccc(Cl)cc2)cc1)P(=O)(O)O. The van der Waals surface area contributed by atoms with Crippen molar-refractivity contribution in [1.82, 2.24) is 4.98 Å². The number of nitrogens with one attached hydrogen (secondary N) is 1. The molecule has 7 nitrogen and oxygen atoms in total. The normalized spacial score (nSPS) is 15.0. The summed E-state index contributed by atoms with van der Waals surface area (Å²) in [5.41, 5.74) is 2.81. The van der Waals surface area contributed by atoms with E-state index in [1.54, 1.807) is 38.1 Å². The third-order valence-corrected chi connectivity index (χ3v) is 10.1. The van der Waals surface area contributed by atoms with Crippen molar-refractivity contribution in [2.24, 2.45) is 0 Å². The molecule has 1 fully saturated rings. The molecule has 204 valence electrons. The van der Waals surface area contributed by atoms with E-state index in [4.69, 9.17) is 21.0 Å². The number of aryl methyl sites for hydroxylation is 1. The van der Waals surface area contributed by atoms with Gasteiger partial charge in [0, 0.05) is 35.0 Å². The highest BCUT2D eigenvalue weighted by Gasteiger charge is 2.45. The zero-order valence-electron chi connectivity index (χ0n) is 22.0. The van der Waals surface area contributed by atoms with Crippen molar-refractivity contribution < 1.29 is 23.6 Å². The number of hydrogen-bond donors (Lipinski definition) is 3. The first-order chi connectivity index (χ1) is 18.2. The van der Waals surface area contributed by atoms with E-state index in [1.165, 1.54) is 19.3 Å². The molecule has 1 amide bonds. The Labute approximate surface area is 229 Å². The van der Waals surface area contributed by atoms with Gasteiger partial charge in [-0.05, 0) is 55.5 Å². The van der Waals surface area contributed by atoms with E-state index in [0.717, 1.165) is 30.0 Å². The van der Waals surface area contributed by atoms with Gasteiger partial charge >= 0.3 is 7.60 Å². The van der Waals surface area contributed by atoms with Crippen LogP contribution in [0.3, 0.4) is 0 Å². The lowest BCUT2D eigenvalue weighted by Crippen LogP contribution is -2.24. The number of amides is 1. The Morgan fingerprint density at radius 2 is 1.68 bits per heavy atom. The van der Waals surface area contributed by atoms with Gasteiger partial charge in [0.15, 0.2) is 5.89 Å². The maximum atomic E-state index is 12.8. The number of aromatic nitrogens is 1. The van der Waals surface area contributed by atoms with Crippen molar-refractivity contribution in [3.05, 3.63) is 70.8 Å². The number of carbonyl (C=O) groups excluding carboxylic acids is 1. The highest BCUT2D eigenvalue weighted by Crippen LogP contribution is 2.60. The van der Waals surface area contributed by atoms with Crippen LogP contribution in [0.5, 0.6) is 0 Å². The van der Waals surface area contributed by atoms with E-state index in [0.29, 0.717) is 47.2 Å². The summed E-state index contributed by atoms with van der Waals surface area (Å²) in [4.78, 5) is 37.7. The van der Waals surface area contributed by atoms with E-state index in [-0.39, 0.29) is 12.3 Å². The van der Waals surface area contributed by atoms with E-state index < -0.39 is 12.8 Å². The third kappa shape index (κ3) is 6.23. The molecule has 4 rings (SSSR count). The van der Waals surface area contributed by atoms with Crippen LogP contribution in [0.4, 0.5) is 5.69 Å². The molecule has 0 bridgehead atoms. The Morgan fingerprint density at radius 1 is 1.05 bits per heavy atom. The lowest BCUT2D eigenvalue weighted by molar-refractivity contribution is -0.116. The summed E-state index contributed by atoms with van der Waals surface area (Å²) in [7, 11) is -4.37. The Morgan fingerprint density at radius 3 is 2.26 bits per heavy atom. The summed E-state index contributed by atoms with van der Waals surface area (Å²) in [6.45, 7) is 3.56. The fourth-order valence-corrected chi connectivity index (χ4v) is 6.88. The molecule has 9 heteroatoms. The standard InChI is InChI=1S/C29H36ClN2O5P/c1-3-29(4-2,38(34,35)36)22-12-16-24(17-13-22)31-26(33)19-18-25-27(20-10-14-23(30)15-11-20)32-28(37-25)21-8-6-5-7-9-21/h10-17,21H,3-9,18-19H2,1-2H3,(H,31,33)(H2,34,35,36). The van der Waals surface area contributed by atoms with Gasteiger partial charge in [0.2, 0.25) is 5.91 Å². The van der Waals surface area contributed by atoms with Gasteiger partial charge in [0.1, 0.15) is 11.5 Å². The summed E-state index contributed by atoms with van der Waals surface area (Å²) >= 11 is 6.08. The Kier molecular flexibility index (Phi) is 9.15. The Balaban J connectivity index is 1.47. The van der Waals surface area contributed by atoms with Crippen molar-refractivity contribution in [2.75, 3.05) is 5.32 Å². The summed E-state index contributed by atoms with van der Waals surface area (Å²) in [5.74, 6) is 1.57. The highest BCUT2D eigenvalue weighted by atomic mass is 35.5. The van der Waals surface area contributed by atoms with Crippen molar-refractivity contribution in [3.63, 3.8) is 0 Å². The van der Waals surface area contributed by atoms with Crippen LogP contribution in [0.2, 0.25) is 5.02 Å². The van der Waals surface area contributed by atoms with E-state index in [9.17, 15) is 19.1 Å². The van der Waals surface area contributed by atoms with Crippen molar-refractivity contribution in [2.45, 2.75) is 82.7 Å². The predicted molar refractivity (Wildman–Crippen MR) is 150 cm³/mol. The minimum Gasteiger partial charge on any atom is -0.445 e. The van der Waals surface area contributed by atoms with Crippen LogP contribution in [0, 0.1) is 0 Å². The second-order valence-corrected chi connectivity index (χ2v) is 12.5. The minimum absolute atomic E-state index is 0.178. The molecule has 0 spiro atoms. The number of nitrogens with zero attached hydrogens (tertiary/aromatic N) is 1. The molecule has 3 N–H and O–H groups in total. The topological polar surface area (TPSA) is 113 Å². The molecule has 1 aromatic heterocycles. The number of benzene rings is 2. The maximum Gasteiger partial charge on any atom is 0.335 e. The first-order valence-corrected chi connectivity index (χ1v) is 15.4. The molecule has 1 heterocycles. The largest absolute Gasteiger partial charge is 0.445 e. The van der Waals surface area contributed by atoms with Gasteiger partial charge in [-0.2, -0.15) is 0 Å². The molecule has 0 radical (unpaired) electrons. The van der Waals surface area contributed by atoms with Crippen LogP contribution in [0.1, 0.15) is 88.3 Å². The molecule has 1 aliphatic carbocycles. The van der Waals surface area contributed by atoms with Gasteiger partial charge in [0.05, 0.1) is 5.16 Å². The number of hydrogen-bond acceptors (Lipinski definition) is 4. The highest BCUT2D eigenvalue weighted by molar-refractivity contribution is 7.53.